The number of para-hydroxylation sites is 1. The molecule has 0 unspecified atom stereocenters. The molecule has 0 saturated heterocycles. The van der Waals surface area contributed by atoms with Crippen molar-refractivity contribution in [1.29, 1.82) is 0 Å². The van der Waals surface area contributed by atoms with Gasteiger partial charge in [0.1, 0.15) is 6.54 Å². The van der Waals surface area contributed by atoms with Crippen LogP contribution in [0.5, 0.6) is 0 Å². The maximum atomic E-state index is 12.7. The van der Waals surface area contributed by atoms with E-state index in [0.717, 1.165) is 28.9 Å². The molecular weight excluding hydrogens is 407 g/mol. The highest BCUT2D eigenvalue weighted by atomic mass is 32.2. The number of nitrogens with one attached hydrogen (secondary N) is 1. The highest BCUT2D eigenvalue weighted by Gasteiger charge is 2.30. The molecule has 0 aromatic heterocycles. The molecule has 0 spiro atoms. The minimum Gasteiger partial charge on any atom is -0.271 e. The molecule has 0 heterocycles. The Morgan fingerprint density at radius 3 is 2.28 bits per heavy atom. The topological polar surface area (TPSA) is 78.8 Å². The fourth-order valence-corrected chi connectivity index (χ4v) is 3.67. The minimum absolute atomic E-state index is 0.134. The molecule has 0 aliphatic heterocycles. The van der Waals surface area contributed by atoms with Crippen LogP contribution in [0.3, 0.4) is 0 Å². The van der Waals surface area contributed by atoms with Gasteiger partial charge in [-0.05, 0) is 42.7 Å². The predicted molar refractivity (Wildman–Crippen MR) is 105 cm³/mol. The van der Waals surface area contributed by atoms with E-state index in [4.69, 9.17) is 0 Å². The van der Waals surface area contributed by atoms with Crippen molar-refractivity contribution < 1.29 is 26.4 Å². The van der Waals surface area contributed by atoms with E-state index in [2.05, 4.69) is 10.5 Å². The van der Waals surface area contributed by atoms with Crippen molar-refractivity contribution in [1.82, 2.24) is 5.43 Å². The van der Waals surface area contributed by atoms with E-state index in [1.165, 1.54) is 12.1 Å². The Kier molecular flexibility index (Phi) is 6.68. The lowest BCUT2D eigenvalue weighted by Crippen LogP contribution is -2.39. The molecule has 29 heavy (non-hydrogen) atoms. The van der Waals surface area contributed by atoms with Crippen molar-refractivity contribution in [2.75, 3.05) is 17.1 Å². The molecule has 0 atom stereocenters. The van der Waals surface area contributed by atoms with Gasteiger partial charge in [-0.3, -0.25) is 9.10 Å². The second-order valence-electron chi connectivity index (χ2n) is 6.43. The number of halogens is 3. The van der Waals surface area contributed by atoms with Crippen molar-refractivity contribution in [3.8, 4) is 0 Å². The van der Waals surface area contributed by atoms with Gasteiger partial charge in [-0.2, -0.15) is 18.3 Å². The molecule has 2 rings (SSSR count). The Bertz CT molecular complexity index is 1010. The first-order valence-electron chi connectivity index (χ1n) is 8.42. The van der Waals surface area contributed by atoms with Crippen molar-refractivity contribution in [3.05, 3.63) is 64.7 Å². The number of hydrazone groups is 1. The molecule has 0 fully saturated rings. The number of benzene rings is 2. The number of carbonyl (C=O) groups is 1. The van der Waals surface area contributed by atoms with Crippen molar-refractivity contribution in [3.63, 3.8) is 0 Å². The zero-order chi connectivity index (χ0) is 21.8. The molecule has 0 aliphatic carbocycles. The second-order valence-corrected chi connectivity index (χ2v) is 8.33. The summed E-state index contributed by atoms with van der Waals surface area (Å²) in [6, 6.07) is 9.64. The van der Waals surface area contributed by atoms with Gasteiger partial charge in [0.05, 0.1) is 23.7 Å². The van der Waals surface area contributed by atoms with Crippen LogP contribution in [0.25, 0.3) is 0 Å². The number of anilines is 1. The summed E-state index contributed by atoms with van der Waals surface area (Å²) in [5.41, 5.74) is 3.18. The molecule has 156 valence electrons. The maximum absolute atomic E-state index is 12.7. The first-order chi connectivity index (χ1) is 13.4. The molecule has 0 bridgehead atoms. The lowest BCUT2D eigenvalue weighted by atomic mass is 10.1. The summed E-state index contributed by atoms with van der Waals surface area (Å²) in [5.74, 6) is -0.735. The van der Waals surface area contributed by atoms with E-state index >= 15 is 0 Å². The average Bonchev–Trinajstić information content (AvgIpc) is 2.59. The molecule has 0 saturated carbocycles. The molecule has 6 nitrogen and oxygen atoms in total. The molecule has 2 aromatic carbocycles. The number of sulfonamides is 1. The Morgan fingerprint density at radius 1 is 1.14 bits per heavy atom. The van der Waals surface area contributed by atoms with E-state index in [1.54, 1.807) is 32.0 Å². The van der Waals surface area contributed by atoms with E-state index in [9.17, 15) is 26.4 Å². The molecular formula is C19H20F3N3O3S. The van der Waals surface area contributed by atoms with E-state index < -0.39 is 34.2 Å². The SMILES string of the molecule is Cc1cccc(C)c1N(CC(=O)N/N=C\c1cccc(C(F)(F)F)c1)S(C)(=O)=O. The summed E-state index contributed by atoms with van der Waals surface area (Å²) in [6.07, 6.45) is -2.45. The van der Waals surface area contributed by atoms with Crippen LogP contribution in [0.15, 0.2) is 47.6 Å². The average molecular weight is 427 g/mol. The molecule has 2 aromatic rings. The summed E-state index contributed by atoms with van der Waals surface area (Å²) in [5, 5.41) is 3.62. The van der Waals surface area contributed by atoms with Gasteiger partial charge < -0.3 is 0 Å². The third-order valence-corrected chi connectivity index (χ3v) is 5.11. The van der Waals surface area contributed by atoms with Gasteiger partial charge in [-0.15, -0.1) is 0 Å². The largest absolute Gasteiger partial charge is 0.416 e. The van der Waals surface area contributed by atoms with Crippen LogP contribution in [0.4, 0.5) is 18.9 Å². The van der Waals surface area contributed by atoms with E-state index in [-0.39, 0.29) is 5.56 Å². The number of carbonyl (C=O) groups excluding carboxylic acids is 1. The summed E-state index contributed by atoms with van der Waals surface area (Å²) in [4.78, 5) is 12.2. The van der Waals surface area contributed by atoms with Gasteiger partial charge in [0.15, 0.2) is 0 Å². The van der Waals surface area contributed by atoms with Gasteiger partial charge in [-0.25, -0.2) is 13.8 Å². The third-order valence-electron chi connectivity index (χ3n) is 3.99. The van der Waals surface area contributed by atoms with Crippen LogP contribution in [-0.4, -0.2) is 33.3 Å². The number of amides is 1. The minimum atomic E-state index is -4.49. The highest BCUT2D eigenvalue weighted by molar-refractivity contribution is 7.92. The number of hydrogen-bond donors (Lipinski definition) is 1. The monoisotopic (exact) mass is 427 g/mol. The Balaban J connectivity index is 2.15. The lowest BCUT2D eigenvalue weighted by Gasteiger charge is -2.25. The second kappa shape index (κ2) is 8.64. The van der Waals surface area contributed by atoms with Crippen LogP contribution in [0.1, 0.15) is 22.3 Å². The van der Waals surface area contributed by atoms with Crippen LogP contribution in [-0.2, 0) is 21.0 Å². The number of aryl methyl sites for hydroxylation is 2. The summed E-state index contributed by atoms with van der Waals surface area (Å²) < 4.78 is 63.5. The number of rotatable bonds is 6. The number of nitrogens with zero attached hydrogens (tertiary/aromatic N) is 2. The maximum Gasteiger partial charge on any atom is 0.416 e. The van der Waals surface area contributed by atoms with Gasteiger partial charge in [0.2, 0.25) is 10.0 Å². The van der Waals surface area contributed by atoms with Crippen LogP contribution < -0.4 is 9.73 Å². The van der Waals surface area contributed by atoms with E-state index in [0.29, 0.717) is 16.8 Å². The molecule has 0 radical (unpaired) electrons. The predicted octanol–water partition coefficient (Wildman–Crippen LogP) is 3.24. The highest BCUT2D eigenvalue weighted by Crippen LogP contribution is 2.29. The fourth-order valence-electron chi connectivity index (χ4n) is 2.70. The fraction of sp³-hybridized carbons (Fsp3) is 0.263. The van der Waals surface area contributed by atoms with Gasteiger partial charge >= 0.3 is 6.18 Å². The van der Waals surface area contributed by atoms with E-state index in [1.807, 2.05) is 0 Å². The van der Waals surface area contributed by atoms with Crippen molar-refractivity contribution in [2.45, 2.75) is 20.0 Å². The normalized spacial score (nSPS) is 12.2. The van der Waals surface area contributed by atoms with Gasteiger partial charge in [0, 0.05) is 0 Å². The number of hydrogen-bond acceptors (Lipinski definition) is 4. The Morgan fingerprint density at radius 2 is 1.72 bits per heavy atom. The smallest absolute Gasteiger partial charge is 0.271 e. The zero-order valence-electron chi connectivity index (χ0n) is 16.0. The summed E-state index contributed by atoms with van der Waals surface area (Å²) >= 11 is 0. The van der Waals surface area contributed by atoms with Gasteiger partial charge in [-0.1, -0.05) is 30.3 Å². The van der Waals surface area contributed by atoms with Gasteiger partial charge in [0.25, 0.3) is 5.91 Å². The van der Waals surface area contributed by atoms with Crippen LogP contribution in [0, 0.1) is 13.8 Å². The Hall–Kier alpha value is -2.88. The first-order valence-corrected chi connectivity index (χ1v) is 10.3. The molecule has 1 amide bonds. The number of alkyl halides is 3. The standard InChI is InChI=1S/C19H20F3N3O3S/c1-13-6-4-7-14(2)18(13)25(29(3,27)28)12-17(26)24-23-11-15-8-5-9-16(10-15)19(20,21)22/h4-11H,12H2,1-3H3,(H,24,26)/b23-11-. The van der Waals surface area contributed by atoms with Crippen molar-refractivity contribution >= 4 is 27.8 Å². The first kappa shape index (κ1) is 22.4. The lowest BCUT2D eigenvalue weighted by molar-refractivity contribution is -0.137. The molecule has 0 aliphatic rings. The van der Waals surface area contributed by atoms with Crippen LogP contribution >= 0.6 is 0 Å². The Labute approximate surface area is 167 Å². The molecule has 1 N–H and O–H groups in total. The van der Waals surface area contributed by atoms with Crippen molar-refractivity contribution in [2.24, 2.45) is 5.10 Å². The molecule has 10 heteroatoms. The summed E-state index contributed by atoms with van der Waals surface area (Å²) in [6.45, 7) is 2.93. The zero-order valence-corrected chi connectivity index (χ0v) is 16.8. The third kappa shape index (κ3) is 6.05. The summed E-state index contributed by atoms with van der Waals surface area (Å²) in [7, 11) is -3.76. The quantitative estimate of drug-likeness (QED) is 0.568. The van der Waals surface area contributed by atoms with Crippen LogP contribution in [0.2, 0.25) is 0 Å².